The van der Waals surface area contributed by atoms with Gasteiger partial charge in [0.1, 0.15) is 5.69 Å². The number of halogens is 2. The number of hydrogen-bond acceptors (Lipinski definition) is 3. The van der Waals surface area contributed by atoms with E-state index in [0.29, 0.717) is 15.7 Å². The van der Waals surface area contributed by atoms with E-state index in [2.05, 4.69) is 15.3 Å². The van der Waals surface area contributed by atoms with Crippen LogP contribution in [0.3, 0.4) is 0 Å². The maximum Gasteiger partial charge on any atom is 0.274 e. The van der Waals surface area contributed by atoms with Gasteiger partial charge in [-0.15, -0.1) is 0 Å². The van der Waals surface area contributed by atoms with Crippen LogP contribution in [0.2, 0.25) is 10.0 Å². The molecule has 6 heteroatoms. The highest BCUT2D eigenvalue weighted by molar-refractivity contribution is 6.34. The van der Waals surface area contributed by atoms with E-state index >= 15 is 0 Å². The molecule has 2 heterocycles. The molecule has 0 radical (unpaired) electrons. The third-order valence-electron chi connectivity index (χ3n) is 1.97. The van der Waals surface area contributed by atoms with Crippen LogP contribution in [-0.4, -0.2) is 15.9 Å². The Balaban J connectivity index is 2.20. The molecule has 0 saturated carbocycles. The summed E-state index contributed by atoms with van der Waals surface area (Å²) in [7, 11) is 0. The quantitative estimate of drug-likeness (QED) is 0.910. The highest BCUT2D eigenvalue weighted by atomic mass is 35.5. The first-order valence-electron chi connectivity index (χ1n) is 4.69. The average molecular weight is 268 g/mol. The lowest BCUT2D eigenvalue weighted by Crippen LogP contribution is -2.13. The summed E-state index contributed by atoms with van der Waals surface area (Å²) in [5.41, 5.74) is 0.651. The second kappa shape index (κ2) is 5.12. The molecule has 17 heavy (non-hydrogen) atoms. The van der Waals surface area contributed by atoms with Crippen LogP contribution in [0.4, 0.5) is 5.69 Å². The number of aromatic nitrogens is 2. The molecule has 86 valence electrons. The molecule has 2 aromatic rings. The third-order valence-corrected chi connectivity index (χ3v) is 2.54. The minimum Gasteiger partial charge on any atom is -0.318 e. The van der Waals surface area contributed by atoms with Gasteiger partial charge in [0.05, 0.1) is 16.9 Å². The Labute approximate surface area is 108 Å². The molecule has 0 saturated heterocycles. The largest absolute Gasteiger partial charge is 0.318 e. The number of nitrogens with one attached hydrogen (secondary N) is 1. The first-order chi connectivity index (χ1) is 8.16. The zero-order valence-electron chi connectivity index (χ0n) is 8.52. The summed E-state index contributed by atoms with van der Waals surface area (Å²) in [4.78, 5) is 19.6. The van der Waals surface area contributed by atoms with Crippen molar-refractivity contribution in [2.24, 2.45) is 0 Å². The fourth-order valence-electron chi connectivity index (χ4n) is 1.18. The van der Waals surface area contributed by atoms with E-state index in [1.165, 1.54) is 24.7 Å². The molecular weight excluding hydrogens is 261 g/mol. The molecule has 1 amide bonds. The Morgan fingerprint density at radius 1 is 1.24 bits per heavy atom. The van der Waals surface area contributed by atoms with Crippen molar-refractivity contribution < 1.29 is 4.79 Å². The van der Waals surface area contributed by atoms with E-state index in [0.717, 1.165) is 0 Å². The van der Waals surface area contributed by atoms with Crippen molar-refractivity contribution in [1.29, 1.82) is 0 Å². The monoisotopic (exact) mass is 267 g/mol. The van der Waals surface area contributed by atoms with Crippen LogP contribution in [0.5, 0.6) is 0 Å². The van der Waals surface area contributed by atoms with Gasteiger partial charge in [-0.1, -0.05) is 23.2 Å². The van der Waals surface area contributed by atoms with Gasteiger partial charge in [-0.3, -0.25) is 14.8 Å². The summed E-state index contributed by atoms with van der Waals surface area (Å²) >= 11 is 11.7. The highest BCUT2D eigenvalue weighted by Crippen LogP contribution is 2.20. The zero-order chi connectivity index (χ0) is 12.3. The Hall–Kier alpha value is -1.65. The Kier molecular flexibility index (Phi) is 3.56. The number of hydrogen-bond donors (Lipinski definition) is 1. The van der Waals surface area contributed by atoms with Gasteiger partial charge in [0.2, 0.25) is 0 Å². The first kappa shape index (κ1) is 11.8. The van der Waals surface area contributed by atoms with Crippen LogP contribution in [0.25, 0.3) is 0 Å². The molecule has 0 fully saturated rings. The molecule has 0 atom stereocenters. The molecule has 0 aromatic carbocycles. The average Bonchev–Trinajstić information content (AvgIpc) is 2.32. The fraction of sp³-hybridized carbons (Fsp3) is 0. The molecule has 4 nitrogen and oxygen atoms in total. The maximum absolute atomic E-state index is 11.8. The Morgan fingerprint density at radius 2 is 2.06 bits per heavy atom. The lowest BCUT2D eigenvalue weighted by Gasteiger charge is -2.05. The summed E-state index contributed by atoms with van der Waals surface area (Å²) < 4.78 is 0. The number of rotatable bonds is 2. The van der Waals surface area contributed by atoms with Crippen molar-refractivity contribution in [3.63, 3.8) is 0 Å². The second-order valence-electron chi connectivity index (χ2n) is 3.17. The Bertz CT molecular complexity index is 560. The van der Waals surface area contributed by atoms with Crippen LogP contribution in [0.1, 0.15) is 10.5 Å². The van der Waals surface area contributed by atoms with Gasteiger partial charge in [0.15, 0.2) is 0 Å². The van der Waals surface area contributed by atoms with Gasteiger partial charge in [-0.05, 0) is 18.2 Å². The van der Waals surface area contributed by atoms with Gasteiger partial charge in [-0.2, -0.15) is 0 Å². The van der Waals surface area contributed by atoms with Gasteiger partial charge >= 0.3 is 0 Å². The molecular formula is C11H7Cl2N3O. The van der Waals surface area contributed by atoms with Gasteiger partial charge < -0.3 is 5.32 Å². The van der Waals surface area contributed by atoms with E-state index in [-0.39, 0.29) is 11.6 Å². The fourth-order valence-corrected chi connectivity index (χ4v) is 1.50. The summed E-state index contributed by atoms with van der Waals surface area (Å²) in [5.74, 6) is -0.387. The van der Waals surface area contributed by atoms with Gasteiger partial charge in [-0.25, -0.2) is 0 Å². The summed E-state index contributed by atoms with van der Waals surface area (Å²) in [6.45, 7) is 0. The number of carbonyl (C=O) groups is 1. The van der Waals surface area contributed by atoms with Crippen LogP contribution >= 0.6 is 23.2 Å². The minimum atomic E-state index is -0.387. The predicted octanol–water partition coefficient (Wildman–Crippen LogP) is 3.04. The van der Waals surface area contributed by atoms with Crippen molar-refractivity contribution in [2.45, 2.75) is 0 Å². The van der Waals surface area contributed by atoms with Crippen molar-refractivity contribution in [3.8, 4) is 0 Å². The second-order valence-corrected chi connectivity index (χ2v) is 4.01. The van der Waals surface area contributed by atoms with Crippen molar-refractivity contribution in [1.82, 2.24) is 9.97 Å². The van der Waals surface area contributed by atoms with E-state index in [1.54, 1.807) is 12.1 Å². The first-order valence-corrected chi connectivity index (χ1v) is 5.45. The van der Waals surface area contributed by atoms with Gasteiger partial charge in [0, 0.05) is 17.4 Å². The molecule has 0 aliphatic heterocycles. The van der Waals surface area contributed by atoms with E-state index in [1.807, 2.05) is 0 Å². The van der Waals surface area contributed by atoms with Crippen LogP contribution in [-0.2, 0) is 0 Å². The van der Waals surface area contributed by atoms with Crippen LogP contribution in [0.15, 0.2) is 36.8 Å². The smallest absolute Gasteiger partial charge is 0.274 e. The molecule has 1 N–H and O–H groups in total. The van der Waals surface area contributed by atoms with Crippen LogP contribution < -0.4 is 5.32 Å². The lowest BCUT2D eigenvalue weighted by atomic mass is 10.3. The zero-order valence-corrected chi connectivity index (χ0v) is 10.0. The highest BCUT2D eigenvalue weighted by Gasteiger charge is 2.09. The molecule has 2 rings (SSSR count). The molecule has 2 aromatic heterocycles. The molecule has 0 aliphatic carbocycles. The number of nitrogens with zero attached hydrogens (tertiary/aromatic N) is 2. The SMILES string of the molecule is O=C(Nc1cnccc1Cl)c1cc(Cl)ccn1. The number of anilines is 1. The summed E-state index contributed by atoms with van der Waals surface area (Å²) in [5, 5.41) is 3.46. The molecule has 0 bridgehead atoms. The topological polar surface area (TPSA) is 54.9 Å². The molecule has 0 unspecified atom stereocenters. The van der Waals surface area contributed by atoms with Crippen molar-refractivity contribution >= 4 is 34.8 Å². The van der Waals surface area contributed by atoms with E-state index in [9.17, 15) is 4.79 Å². The van der Waals surface area contributed by atoms with Crippen LogP contribution in [0, 0.1) is 0 Å². The Morgan fingerprint density at radius 3 is 2.76 bits per heavy atom. The van der Waals surface area contributed by atoms with E-state index < -0.39 is 0 Å². The third kappa shape index (κ3) is 2.93. The molecule has 0 spiro atoms. The predicted molar refractivity (Wildman–Crippen MR) is 66.4 cm³/mol. The minimum absolute atomic E-state index is 0.220. The number of pyridine rings is 2. The lowest BCUT2D eigenvalue weighted by molar-refractivity contribution is 0.102. The van der Waals surface area contributed by atoms with Crippen molar-refractivity contribution in [2.75, 3.05) is 5.32 Å². The maximum atomic E-state index is 11.8. The normalized spacial score (nSPS) is 10.0. The summed E-state index contributed by atoms with van der Waals surface area (Å²) in [6, 6.07) is 4.65. The van der Waals surface area contributed by atoms with Crippen molar-refractivity contribution in [3.05, 3.63) is 52.5 Å². The standard InChI is InChI=1S/C11H7Cl2N3O/c12-7-1-4-15-9(5-7)11(17)16-10-6-14-3-2-8(10)13/h1-6H,(H,16,17). The number of amides is 1. The number of carbonyl (C=O) groups excluding carboxylic acids is 1. The molecule has 0 aliphatic rings. The summed E-state index contributed by atoms with van der Waals surface area (Å²) in [6.07, 6.45) is 4.46. The van der Waals surface area contributed by atoms with Gasteiger partial charge in [0.25, 0.3) is 5.91 Å². The van der Waals surface area contributed by atoms with E-state index in [4.69, 9.17) is 23.2 Å².